The zero-order valence-electron chi connectivity index (χ0n) is 18.0. The van der Waals surface area contributed by atoms with Gasteiger partial charge in [0.2, 0.25) is 11.5 Å². The van der Waals surface area contributed by atoms with E-state index in [-0.39, 0.29) is 29.6 Å². The molecule has 1 saturated heterocycles. The van der Waals surface area contributed by atoms with Crippen LogP contribution in [0.15, 0.2) is 58.0 Å². The number of para-hydroxylation sites is 1. The number of carbonyl (C=O) groups is 1. The molecule has 0 N–H and O–H groups in total. The molecule has 33 heavy (non-hydrogen) atoms. The maximum Gasteiger partial charge on any atom is 0.297 e. The normalized spacial score (nSPS) is 18.1. The monoisotopic (exact) mass is 445 g/mol. The van der Waals surface area contributed by atoms with Gasteiger partial charge in [-0.3, -0.25) is 14.2 Å². The molecule has 0 radical (unpaired) electrons. The lowest BCUT2D eigenvalue weighted by atomic mass is 10.0. The predicted octanol–water partition coefficient (Wildman–Crippen LogP) is 3.67. The van der Waals surface area contributed by atoms with Crippen molar-refractivity contribution in [3.8, 4) is 11.5 Å². The number of nitrogens with zero attached hydrogens (tertiary/aromatic N) is 3. The quantitative estimate of drug-likeness (QED) is 0.478. The average Bonchev–Trinajstić information content (AvgIpc) is 3.40. The first-order valence-electron chi connectivity index (χ1n) is 11.2. The number of carbonyl (C=O) groups excluding carboxylic acids is 1. The molecular formula is C25H23N3O5. The Bertz CT molecular complexity index is 1420. The molecule has 6 rings (SSSR count). The number of hydrogen-bond acceptors (Lipinski definition) is 6. The van der Waals surface area contributed by atoms with Gasteiger partial charge in [-0.2, -0.15) is 0 Å². The molecule has 0 unspecified atom stereocenters. The second kappa shape index (κ2) is 7.95. The van der Waals surface area contributed by atoms with Gasteiger partial charge in [0.25, 0.3) is 5.56 Å². The summed E-state index contributed by atoms with van der Waals surface area (Å²) in [7, 11) is 0. The van der Waals surface area contributed by atoms with E-state index < -0.39 is 0 Å². The van der Waals surface area contributed by atoms with Crippen LogP contribution in [-0.4, -0.2) is 40.1 Å². The fourth-order valence-electron chi connectivity index (χ4n) is 4.76. The Hall–Kier alpha value is -3.81. The fourth-order valence-corrected chi connectivity index (χ4v) is 4.76. The Kier molecular flexibility index (Phi) is 4.78. The average molecular weight is 445 g/mol. The van der Waals surface area contributed by atoms with Gasteiger partial charge in [-0.25, -0.2) is 4.98 Å². The van der Waals surface area contributed by atoms with Gasteiger partial charge in [0.05, 0.1) is 25.6 Å². The van der Waals surface area contributed by atoms with E-state index in [1.165, 1.54) is 10.9 Å². The van der Waals surface area contributed by atoms with Gasteiger partial charge in [-0.1, -0.05) is 18.2 Å². The topological polar surface area (TPSA) is 86.8 Å². The molecule has 1 amide bonds. The summed E-state index contributed by atoms with van der Waals surface area (Å²) in [5.41, 5.74) is 1.97. The number of ether oxygens (including phenoxy) is 2. The van der Waals surface area contributed by atoms with E-state index in [2.05, 4.69) is 4.98 Å². The highest BCUT2D eigenvalue weighted by Gasteiger charge is 2.31. The van der Waals surface area contributed by atoms with Gasteiger partial charge < -0.3 is 18.8 Å². The minimum absolute atomic E-state index is 0.0618. The highest BCUT2D eigenvalue weighted by Crippen LogP contribution is 2.38. The molecule has 2 aromatic heterocycles. The number of furan rings is 1. The number of aromatic nitrogens is 2. The van der Waals surface area contributed by atoms with Crippen molar-refractivity contribution in [2.75, 3.05) is 19.8 Å². The van der Waals surface area contributed by atoms with E-state index in [1.54, 1.807) is 6.07 Å². The summed E-state index contributed by atoms with van der Waals surface area (Å²) in [6, 6.07) is 13.2. The van der Waals surface area contributed by atoms with Crippen LogP contribution in [0, 0.1) is 0 Å². The lowest BCUT2D eigenvalue weighted by Crippen LogP contribution is -2.36. The van der Waals surface area contributed by atoms with Crippen molar-refractivity contribution < 1.29 is 18.7 Å². The van der Waals surface area contributed by atoms with Gasteiger partial charge in [0.15, 0.2) is 11.5 Å². The summed E-state index contributed by atoms with van der Waals surface area (Å²) in [5.74, 6) is 1.34. The predicted molar refractivity (Wildman–Crippen MR) is 122 cm³/mol. The number of amides is 1. The third-order valence-electron chi connectivity index (χ3n) is 6.39. The van der Waals surface area contributed by atoms with Crippen molar-refractivity contribution in [1.29, 1.82) is 0 Å². The van der Waals surface area contributed by atoms with Crippen molar-refractivity contribution in [2.45, 2.75) is 31.8 Å². The standard InChI is InChI=1S/C25H23N3O5/c29-22(14-27-15-26-23-17-5-1-2-7-19(17)33-24(23)25(27)30)28-10-3-6-18(28)16-8-9-20-21(13-16)32-12-4-11-31-20/h1-2,5,7-9,13,15,18H,3-4,6,10-12,14H2/t18-/m1/s1. The Morgan fingerprint density at radius 1 is 1.06 bits per heavy atom. The molecule has 8 heteroatoms. The van der Waals surface area contributed by atoms with Gasteiger partial charge in [-0.05, 0) is 42.7 Å². The molecule has 0 aliphatic carbocycles. The molecule has 1 fully saturated rings. The lowest BCUT2D eigenvalue weighted by Gasteiger charge is -2.26. The van der Waals surface area contributed by atoms with Gasteiger partial charge in [0, 0.05) is 18.4 Å². The minimum Gasteiger partial charge on any atom is -0.490 e. The second-order valence-electron chi connectivity index (χ2n) is 8.46. The molecule has 4 heterocycles. The van der Waals surface area contributed by atoms with Crippen LogP contribution in [0.5, 0.6) is 11.5 Å². The summed E-state index contributed by atoms with van der Waals surface area (Å²) in [4.78, 5) is 32.5. The first kappa shape index (κ1) is 19.8. The smallest absolute Gasteiger partial charge is 0.297 e. The largest absolute Gasteiger partial charge is 0.490 e. The van der Waals surface area contributed by atoms with Crippen molar-refractivity contribution in [3.63, 3.8) is 0 Å². The van der Waals surface area contributed by atoms with E-state index in [0.29, 0.717) is 30.9 Å². The molecule has 2 aliphatic rings. The minimum atomic E-state index is -0.351. The van der Waals surface area contributed by atoms with Crippen molar-refractivity contribution in [2.24, 2.45) is 0 Å². The number of likely N-dealkylation sites (tertiary alicyclic amines) is 1. The zero-order chi connectivity index (χ0) is 22.4. The van der Waals surface area contributed by atoms with Crippen LogP contribution < -0.4 is 15.0 Å². The van der Waals surface area contributed by atoms with Crippen LogP contribution in [0.2, 0.25) is 0 Å². The molecule has 2 aliphatic heterocycles. The second-order valence-corrected chi connectivity index (χ2v) is 8.46. The summed E-state index contributed by atoms with van der Waals surface area (Å²) in [6.07, 6.45) is 4.04. The van der Waals surface area contributed by atoms with Crippen LogP contribution in [0.4, 0.5) is 0 Å². The molecule has 0 spiro atoms. The van der Waals surface area contributed by atoms with E-state index in [4.69, 9.17) is 13.9 Å². The first-order chi connectivity index (χ1) is 16.2. The SMILES string of the molecule is O=C(Cn1cnc2c(oc3ccccc32)c1=O)N1CCC[C@@H]1c1ccc2c(c1)OCCCO2. The molecule has 0 bridgehead atoms. The summed E-state index contributed by atoms with van der Waals surface area (Å²) >= 11 is 0. The Morgan fingerprint density at radius 2 is 1.91 bits per heavy atom. The summed E-state index contributed by atoms with van der Waals surface area (Å²) in [6.45, 7) is 1.82. The van der Waals surface area contributed by atoms with Crippen molar-refractivity contribution in [3.05, 3.63) is 64.7 Å². The molecule has 4 aromatic rings. The third kappa shape index (κ3) is 3.42. The number of fused-ring (bicyclic) bond motifs is 4. The van der Waals surface area contributed by atoms with E-state index in [9.17, 15) is 9.59 Å². The van der Waals surface area contributed by atoms with Crippen molar-refractivity contribution >= 4 is 28.0 Å². The fraction of sp³-hybridized carbons (Fsp3) is 0.320. The number of benzene rings is 2. The van der Waals surface area contributed by atoms with E-state index in [0.717, 1.165) is 41.7 Å². The Balaban J connectivity index is 1.27. The van der Waals surface area contributed by atoms with Crippen LogP contribution in [-0.2, 0) is 11.3 Å². The summed E-state index contributed by atoms with van der Waals surface area (Å²) < 4.78 is 18.6. The van der Waals surface area contributed by atoms with E-state index in [1.807, 2.05) is 41.3 Å². The highest BCUT2D eigenvalue weighted by atomic mass is 16.5. The Morgan fingerprint density at radius 3 is 2.82 bits per heavy atom. The molecular weight excluding hydrogens is 422 g/mol. The van der Waals surface area contributed by atoms with Crippen LogP contribution >= 0.6 is 0 Å². The molecule has 0 saturated carbocycles. The van der Waals surface area contributed by atoms with Gasteiger partial charge >= 0.3 is 0 Å². The Labute approximate surface area is 189 Å². The maximum absolute atomic E-state index is 13.3. The number of rotatable bonds is 3. The van der Waals surface area contributed by atoms with Crippen LogP contribution in [0.25, 0.3) is 22.1 Å². The van der Waals surface area contributed by atoms with Crippen LogP contribution in [0.1, 0.15) is 30.9 Å². The molecule has 2 aromatic carbocycles. The summed E-state index contributed by atoms with van der Waals surface area (Å²) in [5, 5.41) is 0.789. The molecule has 8 nitrogen and oxygen atoms in total. The van der Waals surface area contributed by atoms with Gasteiger partial charge in [0.1, 0.15) is 17.6 Å². The van der Waals surface area contributed by atoms with Gasteiger partial charge in [-0.15, -0.1) is 0 Å². The first-order valence-corrected chi connectivity index (χ1v) is 11.2. The zero-order valence-corrected chi connectivity index (χ0v) is 18.0. The maximum atomic E-state index is 13.3. The van der Waals surface area contributed by atoms with E-state index >= 15 is 0 Å². The number of hydrogen-bond donors (Lipinski definition) is 0. The third-order valence-corrected chi connectivity index (χ3v) is 6.39. The van der Waals surface area contributed by atoms with Crippen molar-refractivity contribution in [1.82, 2.24) is 14.5 Å². The molecule has 1 atom stereocenters. The lowest BCUT2D eigenvalue weighted by molar-refractivity contribution is -0.132. The molecule has 168 valence electrons. The highest BCUT2D eigenvalue weighted by molar-refractivity contribution is 6.01. The van der Waals surface area contributed by atoms with Crippen LogP contribution in [0.3, 0.4) is 0 Å².